The number of rotatable bonds is 3. The third-order valence-electron chi connectivity index (χ3n) is 3.22. The average molecular weight is 285 g/mol. The number of anilines is 1. The van der Waals surface area contributed by atoms with Crippen LogP contribution in [-0.2, 0) is 0 Å². The lowest BCUT2D eigenvalue weighted by Gasteiger charge is -2.18. The maximum atomic E-state index is 12.1. The van der Waals surface area contributed by atoms with Gasteiger partial charge in [0.25, 0.3) is 0 Å². The molecule has 0 aliphatic carbocycles. The lowest BCUT2D eigenvalue weighted by molar-refractivity contribution is 0.102. The molecule has 102 valence electrons. The largest absolute Gasteiger partial charge is 0.461 e. The minimum atomic E-state index is -0.0968. The zero-order chi connectivity index (χ0) is 14.1. The van der Waals surface area contributed by atoms with Gasteiger partial charge in [-0.25, -0.2) is 0 Å². The van der Waals surface area contributed by atoms with Crippen molar-refractivity contribution < 1.29 is 9.21 Å². The van der Waals surface area contributed by atoms with Crippen molar-refractivity contribution in [3.8, 4) is 0 Å². The highest BCUT2D eigenvalue weighted by atomic mass is 32.2. The van der Waals surface area contributed by atoms with Crippen molar-refractivity contribution in [2.45, 2.75) is 18.7 Å². The van der Waals surface area contributed by atoms with Crippen LogP contribution in [0.1, 0.15) is 23.0 Å². The Hall–Kier alpha value is -1.94. The molecule has 0 radical (unpaired) electrons. The standard InChI is InChI=1S/C16H15NO2S/c1-3-17-12-9-11(2)6-7-15(12)20-16(17)10-13(18)14-5-4-8-19-14/h4-10H,3H2,1-2H3/b16-10+. The Bertz CT molecular complexity index is 674. The Morgan fingerprint density at radius 2 is 2.25 bits per heavy atom. The summed E-state index contributed by atoms with van der Waals surface area (Å²) in [6.45, 7) is 5.00. The fraction of sp³-hybridized carbons (Fsp3) is 0.188. The first-order valence-electron chi connectivity index (χ1n) is 6.54. The molecule has 3 rings (SSSR count). The van der Waals surface area contributed by atoms with E-state index < -0.39 is 0 Å². The van der Waals surface area contributed by atoms with Gasteiger partial charge >= 0.3 is 0 Å². The van der Waals surface area contributed by atoms with Crippen molar-refractivity contribution in [3.63, 3.8) is 0 Å². The van der Waals surface area contributed by atoms with E-state index in [2.05, 4.69) is 36.9 Å². The molecule has 1 aromatic carbocycles. The van der Waals surface area contributed by atoms with Gasteiger partial charge in [0.05, 0.1) is 17.0 Å². The number of nitrogens with zero attached hydrogens (tertiary/aromatic N) is 1. The Balaban J connectivity index is 1.94. The van der Waals surface area contributed by atoms with Crippen molar-refractivity contribution in [1.29, 1.82) is 0 Å². The molecular weight excluding hydrogens is 270 g/mol. The Kier molecular flexibility index (Phi) is 3.40. The maximum Gasteiger partial charge on any atom is 0.223 e. The number of thioether (sulfide) groups is 1. The van der Waals surface area contributed by atoms with Crippen LogP contribution in [0.25, 0.3) is 0 Å². The highest BCUT2D eigenvalue weighted by molar-refractivity contribution is 8.03. The highest BCUT2D eigenvalue weighted by Crippen LogP contribution is 2.46. The summed E-state index contributed by atoms with van der Waals surface area (Å²) >= 11 is 1.63. The van der Waals surface area contributed by atoms with E-state index in [1.807, 2.05) is 0 Å². The first-order chi connectivity index (χ1) is 9.69. The first-order valence-corrected chi connectivity index (χ1v) is 7.36. The molecule has 1 aliphatic heterocycles. The summed E-state index contributed by atoms with van der Waals surface area (Å²) < 4.78 is 5.15. The van der Waals surface area contributed by atoms with E-state index in [0.29, 0.717) is 5.76 Å². The molecule has 1 aliphatic rings. The quantitative estimate of drug-likeness (QED) is 0.623. The first kappa shape index (κ1) is 13.1. The lowest BCUT2D eigenvalue weighted by Crippen LogP contribution is -2.17. The van der Waals surface area contributed by atoms with E-state index in [-0.39, 0.29) is 5.78 Å². The summed E-state index contributed by atoms with van der Waals surface area (Å²) in [6.07, 6.45) is 3.17. The number of hydrogen-bond donors (Lipinski definition) is 0. The van der Waals surface area contributed by atoms with Crippen LogP contribution in [0, 0.1) is 6.92 Å². The second-order valence-corrected chi connectivity index (χ2v) is 5.70. The number of benzene rings is 1. The van der Waals surface area contributed by atoms with Crippen LogP contribution >= 0.6 is 11.8 Å². The van der Waals surface area contributed by atoms with Gasteiger partial charge < -0.3 is 9.32 Å². The van der Waals surface area contributed by atoms with E-state index in [0.717, 1.165) is 11.6 Å². The molecule has 0 saturated carbocycles. The monoisotopic (exact) mass is 285 g/mol. The zero-order valence-electron chi connectivity index (χ0n) is 11.4. The van der Waals surface area contributed by atoms with Gasteiger partial charge in [0.1, 0.15) is 0 Å². The van der Waals surface area contributed by atoms with E-state index >= 15 is 0 Å². The number of furan rings is 1. The van der Waals surface area contributed by atoms with Gasteiger partial charge in [0.2, 0.25) is 5.78 Å². The predicted octanol–water partition coefficient (Wildman–Crippen LogP) is 4.24. The molecular formula is C16H15NO2S. The maximum absolute atomic E-state index is 12.1. The summed E-state index contributed by atoms with van der Waals surface area (Å²) in [5.74, 6) is 0.279. The Morgan fingerprint density at radius 3 is 2.95 bits per heavy atom. The van der Waals surface area contributed by atoms with Crippen LogP contribution < -0.4 is 4.90 Å². The molecule has 0 N–H and O–H groups in total. The van der Waals surface area contributed by atoms with Crippen LogP contribution in [0.15, 0.2) is 57.0 Å². The van der Waals surface area contributed by atoms with E-state index in [4.69, 9.17) is 4.42 Å². The fourth-order valence-electron chi connectivity index (χ4n) is 2.25. The molecule has 0 atom stereocenters. The third kappa shape index (κ3) is 2.27. The van der Waals surface area contributed by atoms with Crippen molar-refractivity contribution in [3.05, 3.63) is 59.0 Å². The molecule has 0 amide bonds. The lowest BCUT2D eigenvalue weighted by atomic mass is 10.2. The minimum absolute atomic E-state index is 0.0968. The summed E-state index contributed by atoms with van der Waals surface area (Å²) in [4.78, 5) is 15.5. The molecule has 0 saturated heterocycles. The van der Waals surface area contributed by atoms with Crippen molar-refractivity contribution in [1.82, 2.24) is 0 Å². The van der Waals surface area contributed by atoms with Gasteiger partial charge in [0, 0.05) is 17.5 Å². The summed E-state index contributed by atoms with van der Waals surface area (Å²) in [5.41, 5.74) is 2.40. The van der Waals surface area contributed by atoms with Crippen LogP contribution in [0.4, 0.5) is 5.69 Å². The van der Waals surface area contributed by atoms with E-state index in [9.17, 15) is 4.79 Å². The number of hydrogen-bond acceptors (Lipinski definition) is 4. The molecule has 20 heavy (non-hydrogen) atoms. The fourth-order valence-corrected chi connectivity index (χ4v) is 3.39. The predicted molar refractivity (Wildman–Crippen MR) is 81.2 cm³/mol. The van der Waals surface area contributed by atoms with E-state index in [1.165, 1.54) is 22.4 Å². The number of carbonyl (C=O) groups excluding carboxylic acids is 1. The van der Waals surface area contributed by atoms with Crippen LogP contribution in [0.3, 0.4) is 0 Å². The SMILES string of the molecule is CCN1/C(=C\C(=O)c2ccco2)Sc2ccc(C)cc21. The molecule has 2 heterocycles. The summed E-state index contributed by atoms with van der Waals surface area (Å²) in [6, 6.07) is 9.77. The number of aryl methyl sites for hydroxylation is 1. The second-order valence-electron chi connectivity index (χ2n) is 4.64. The van der Waals surface area contributed by atoms with Crippen molar-refractivity contribution in [2.24, 2.45) is 0 Å². The highest BCUT2D eigenvalue weighted by Gasteiger charge is 2.25. The van der Waals surface area contributed by atoms with Crippen LogP contribution in [0.2, 0.25) is 0 Å². The van der Waals surface area contributed by atoms with Gasteiger partial charge in [-0.2, -0.15) is 0 Å². The van der Waals surface area contributed by atoms with E-state index in [1.54, 1.807) is 30.0 Å². The number of fused-ring (bicyclic) bond motifs is 1. The van der Waals surface area contributed by atoms with Gasteiger partial charge in [-0.05, 0) is 43.7 Å². The zero-order valence-corrected chi connectivity index (χ0v) is 12.2. The molecule has 3 nitrogen and oxygen atoms in total. The number of ketones is 1. The molecule has 0 spiro atoms. The minimum Gasteiger partial charge on any atom is -0.461 e. The Morgan fingerprint density at radius 1 is 1.40 bits per heavy atom. The smallest absolute Gasteiger partial charge is 0.223 e. The van der Waals surface area contributed by atoms with Crippen LogP contribution in [-0.4, -0.2) is 12.3 Å². The summed E-state index contributed by atoms with van der Waals surface area (Å²) in [7, 11) is 0. The topological polar surface area (TPSA) is 33.5 Å². The van der Waals surface area contributed by atoms with Gasteiger partial charge in [-0.15, -0.1) is 0 Å². The summed E-state index contributed by atoms with van der Waals surface area (Å²) in [5, 5.41) is 0.953. The van der Waals surface area contributed by atoms with Crippen LogP contribution in [0.5, 0.6) is 0 Å². The van der Waals surface area contributed by atoms with Gasteiger partial charge in [-0.1, -0.05) is 17.8 Å². The van der Waals surface area contributed by atoms with Gasteiger partial charge in [0.15, 0.2) is 5.76 Å². The number of carbonyl (C=O) groups is 1. The molecule has 4 heteroatoms. The molecule has 1 aromatic heterocycles. The molecule has 0 unspecified atom stereocenters. The van der Waals surface area contributed by atoms with Crippen molar-refractivity contribution >= 4 is 23.2 Å². The normalized spacial score (nSPS) is 15.7. The molecule has 0 fully saturated rings. The molecule has 2 aromatic rings. The average Bonchev–Trinajstić information content (AvgIpc) is 3.05. The van der Waals surface area contributed by atoms with Crippen molar-refractivity contribution in [2.75, 3.05) is 11.4 Å². The third-order valence-corrected chi connectivity index (χ3v) is 4.33. The molecule has 0 bridgehead atoms. The Labute approximate surface area is 122 Å². The van der Waals surface area contributed by atoms with Gasteiger partial charge in [-0.3, -0.25) is 4.79 Å². The number of allylic oxidation sites excluding steroid dienone is 1. The second kappa shape index (κ2) is 5.21.